The molecule has 0 spiro atoms. The summed E-state index contributed by atoms with van der Waals surface area (Å²) in [6.45, 7) is 0. The second kappa shape index (κ2) is 2.18. The highest BCUT2D eigenvalue weighted by Crippen LogP contribution is 2.29. The summed E-state index contributed by atoms with van der Waals surface area (Å²) in [5, 5.41) is 3.91. The van der Waals surface area contributed by atoms with Crippen molar-refractivity contribution in [2.75, 3.05) is 0 Å². The molecule has 0 aliphatic carbocycles. The second-order valence-electron chi connectivity index (χ2n) is 1.92. The van der Waals surface area contributed by atoms with E-state index in [0.29, 0.717) is 0 Å². The van der Waals surface area contributed by atoms with Gasteiger partial charge in [-0.25, -0.2) is 0 Å². The summed E-state index contributed by atoms with van der Waals surface area (Å²) >= 11 is 3.25. The van der Waals surface area contributed by atoms with E-state index >= 15 is 0 Å². The largest absolute Gasteiger partial charge is 0.298 e. The Bertz CT molecular complexity index is 358. The fourth-order valence-electron chi connectivity index (χ4n) is 0.863. The van der Waals surface area contributed by atoms with Gasteiger partial charge < -0.3 is 0 Å². The quantitative estimate of drug-likeness (QED) is 0.598. The molecular formula is C7H4OS2. The summed E-state index contributed by atoms with van der Waals surface area (Å²) in [6.07, 6.45) is 0.912. The fraction of sp³-hybridized carbons (Fsp3) is 0. The first-order chi connectivity index (χ1) is 4.92. The number of thiophene rings is 2. The Morgan fingerprint density at radius 3 is 3.10 bits per heavy atom. The van der Waals surface area contributed by atoms with E-state index in [1.807, 2.05) is 16.8 Å². The van der Waals surface area contributed by atoms with E-state index in [0.717, 1.165) is 16.5 Å². The van der Waals surface area contributed by atoms with Crippen LogP contribution >= 0.6 is 22.7 Å². The average molecular weight is 168 g/mol. The molecule has 2 rings (SSSR count). The molecule has 0 saturated heterocycles. The summed E-state index contributed by atoms with van der Waals surface area (Å²) in [6, 6.07) is 2.04. The normalized spacial score (nSPS) is 10.4. The van der Waals surface area contributed by atoms with Crippen molar-refractivity contribution >= 4 is 38.4 Å². The molecule has 50 valence electrons. The van der Waals surface area contributed by atoms with E-state index in [-0.39, 0.29) is 0 Å². The van der Waals surface area contributed by atoms with Crippen LogP contribution in [0.15, 0.2) is 16.8 Å². The highest BCUT2D eigenvalue weighted by Gasteiger charge is 2.01. The molecule has 0 N–H and O–H groups in total. The van der Waals surface area contributed by atoms with Gasteiger partial charge in [0.15, 0.2) is 6.29 Å². The first-order valence-electron chi connectivity index (χ1n) is 2.81. The van der Waals surface area contributed by atoms with Gasteiger partial charge in [0.2, 0.25) is 0 Å². The van der Waals surface area contributed by atoms with Crippen molar-refractivity contribution in [2.24, 2.45) is 0 Å². The Morgan fingerprint density at radius 2 is 2.30 bits per heavy atom. The molecule has 3 heteroatoms. The van der Waals surface area contributed by atoms with E-state index in [4.69, 9.17) is 0 Å². The zero-order chi connectivity index (χ0) is 6.97. The van der Waals surface area contributed by atoms with E-state index in [1.54, 1.807) is 22.7 Å². The number of rotatable bonds is 1. The first kappa shape index (κ1) is 6.07. The fourth-order valence-corrected chi connectivity index (χ4v) is 2.88. The zero-order valence-corrected chi connectivity index (χ0v) is 6.67. The van der Waals surface area contributed by atoms with Crippen molar-refractivity contribution in [3.63, 3.8) is 0 Å². The lowest BCUT2D eigenvalue weighted by Gasteiger charge is -1.75. The van der Waals surface area contributed by atoms with E-state index in [2.05, 4.69) is 0 Å². The van der Waals surface area contributed by atoms with Crippen LogP contribution in [0.1, 0.15) is 10.4 Å². The van der Waals surface area contributed by atoms with E-state index in [1.165, 1.54) is 4.70 Å². The van der Waals surface area contributed by atoms with Crippen LogP contribution in [-0.4, -0.2) is 6.29 Å². The lowest BCUT2D eigenvalue weighted by atomic mass is 10.3. The second-order valence-corrected chi connectivity index (χ2v) is 3.75. The van der Waals surface area contributed by atoms with Crippen molar-refractivity contribution < 1.29 is 4.79 Å². The molecule has 0 radical (unpaired) electrons. The van der Waals surface area contributed by atoms with Gasteiger partial charge >= 0.3 is 0 Å². The van der Waals surface area contributed by atoms with Crippen LogP contribution < -0.4 is 0 Å². The predicted molar refractivity (Wildman–Crippen MR) is 45.1 cm³/mol. The number of fused-ring (bicyclic) bond motifs is 1. The Kier molecular flexibility index (Phi) is 1.32. The standard InChI is InChI=1S/C7H4OS2/c8-3-5-4-10-6-1-2-9-7(5)6/h1-4H. The Hall–Kier alpha value is -0.670. The molecule has 10 heavy (non-hydrogen) atoms. The lowest BCUT2D eigenvalue weighted by molar-refractivity contribution is 0.112. The third-order valence-electron chi connectivity index (χ3n) is 1.33. The number of aldehydes is 1. The smallest absolute Gasteiger partial charge is 0.152 e. The number of carbonyl (C=O) groups is 1. The summed E-state index contributed by atoms with van der Waals surface area (Å²) in [4.78, 5) is 10.4. The molecule has 0 aliphatic heterocycles. The molecule has 0 amide bonds. The molecule has 0 unspecified atom stereocenters. The molecule has 0 aliphatic rings. The highest BCUT2D eigenvalue weighted by molar-refractivity contribution is 7.26. The minimum atomic E-state index is 0.829. The van der Waals surface area contributed by atoms with Crippen LogP contribution in [0.5, 0.6) is 0 Å². The van der Waals surface area contributed by atoms with Gasteiger partial charge in [0.05, 0.1) is 4.70 Å². The monoisotopic (exact) mass is 168 g/mol. The van der Waals surface area contributed by atoms with Gasteiger partial charge in [0, 0.05) is 15.6 Å². The van der Waals surface area contributed by atoms with Gasteiger partial charge in [-0.05, 0) is 11.4 Å². The first-order valence-corrected chi connectivity index (χ1v) is 4.57. The van der Waals surface area contributed by atoms with E-state index in [9.17, 15) is 4.79 Å². The molecule has 0 bridgehead atoms. The maximum atomic E-state index is 10.4. The van der Waals surface area contributed by atoms with Crippen LogP contribution in [0.4, 0.5) is 0 Å². The van der Waals surface area contributed by atoms with Crippen molar-refractivity contribution in [1.82, 2.24) is 0 Å². The Morgan fingerprint density at radius 1 is 1.40 bits per heavy atom. The van der Waals surface area contributed by atoms with Gasteiger partial charge in [-0.15, -0.1) is 22.7 Å². The van der Waals surface area contributed by atoms with Crippen molar-refractivity contribution in [3.05, 3.63) is 22.4 Å². The maximum Gasteiger partial charge on any atom is 0.152 e. The SMILES string of the molecule is O=Cc1csc2ccsc12. The number of hydrogen-bond acceptors (Lipinski definition) is 3. The molecule has 0 saturated carbocycles. The molecular weight excluding hydrogens is 164 g/mol. The average Bonchev–Trinajstić information content (AvgIpc) is 2.44. The summed E-state index contributed by atoms with van der Waals surface area (Å²) < 4.78 is 2.34. The van der Waals surface area contributed by atoms with Gasteiger partial charge in [-0.1, -0.05) is 0 Å². The lowest BCUT2D eigenvalue weighted by Crippen LogP contribution is -1.67. The summed E-state index contributed by atoms with van der Waals surface area (Å²) in [7, 11) is 0. The minimum Gasteiger partial charge on any atom is -0.298 e. The van der Waals surface area contributed by atoms with E-state index < -0.39 is 0 Å². The van der Waals surface area contributed by atoms with Crippen molar-refractivity contribution in [1.29, 1.82) is 0 Å². The summed E-state index contributed by atoms with van der Waals surface area (Å²) in [5.74, 6) is 0. The predicted octanol–water partition coefficient (Wildman–Crippen LogP) is 2.78. The van der Waals surface area contributed by atoms with Crippen LogP contribution in [0.25, 0.3) is 9.40 Å². The highest BCUT2D eigenvalue weighted by atomic mass is 32.1. The summed E-state index contributed by atoms with van der Waals surface area (Å²) in [5.41, 5.74) is 0.829. The molecule has 1 nitrogen and oxygen atoms in total. The van der Waals surface area contributed by atoms with Crippen molar-refractivity contribution in [2.45, 2.75) is 0 Å². The van der Waals surface area contributed by atoms with Gasteiger partial charge in [0.1, 0.15) is 0 Å². The molecule has 2 aromatic heterocycles. The van der Waals surface area contributed by atoms with Crippen LogP contribution in [-0.2, 0) is 0 Å². The Labute approximate surface area is 65.9 Å². The molecule has 2 aromatic rings. The number of hydrogen-bond donors (Lipinski definition) is 0. The maximum absolute atomic E-state index is 10.4. The van der Waals surface area contributed by atoms with Crippen LogP contribution in [0, 0.1) is 0 Å². The molecule has 0 atom stereocenters. The van der Waals surface area contributed by atoms with Crippen molar-refractivity contribution in [3.8, 4) is 0 Å². The minimum absolute atomic E-state index is 0.829. The van der Waals surface area contributed by atoms with Gasteiger partial charge in [0.25, 0.3) is 0 Å². The zero-order valence-electron chi connectivity index (χ0n) is 5.03. The van der Waals surface area contributed by atoms with Crippen LogP contribution in [0.2, 0.25) is 0 Å². The third-order valence-corrected chi connectivity index (χ3v) is 3.39. The topological polar surface area (TPSA) is 17.1 Å². The number of carbonyl (C=O) groups excluding carboxylic acids is 1. The Balaban J connectivity index is 2.88. The van der Waals surface area contributed by atoms with Crippen LogP contribution in [0.3, 0.4) is 0 Å². The molecule has 0 aromatic carbocycles. The van der Waals surface area contributed by atoms with Gasteiger partial charge in [-0.3, -0.25) is 4.79 Å². The molecule has 0 fully saturated rings. The van der Waals surface area contributed by atoms with Gasteiger partial charge in [-0.2, -0.15) is 0 Å². The molecule has 2 heterocycles. The third kappa shape index (κ3) is 0.711.